The lowest BCUT2D eigenvalue weighted by Gasteiger charge is -2.27. The fraction of sp³-hybridized carbons (Fsp3) is 0.353. The van der Waals surface area contributed by atoms with E-state index in [4.69, 9.17) is 9.15 Å². The number of hydrogen-bond donors (Lipinski definition) is 0. The molecule has 1 fully saturated rings. The van der Waals surface area contributed by atoms with Gasteiger partial charge in [0, 0.05) is 18.5 Å². The van der Waals surface area contributed by atoms with Crippen LogP contribution in [0.5, 0.6) is 0 Å². The first kappa shape index (κ1) is 15.4. The number of amides is 1. The molecule has 0 atom stereocenters. The highest BCUT2D eigenvalue weighted by molar-refractivity contribution is 5.96. The normalized spacial score (nSPS) is 14.9. The van der Waals surface area contributed by atoms with E-state index >= 15 is 0 Å². The fourth-order valence-corrected chi connectivity index (χ4v) is 2.81. The van der Waals surface area contributed by atoms with Gasteiger partial charge in [0.15, 0.2) is 6.29 Å². The second kappa shape index (κ2) is 6.34. The van der Waals surface area contributed by atoms with Crippen molar-refractivity contribution >= 4 is 23.2 Å². The Hall–Kier alpha value is -2.47. The Labute approximate surface area is 132 Å². The molecule has 3 rings (SSSR count). The number of carbonyl (C=O) groups excluding carboxylic acids is 2. The Kier molecular flexibility index (Phi) is 4.25. The summed E-state index contributed by atoms with van der Waals surface area (Å²) in [5.74, 6) is -0.116. The molecule has 0 aliphatic carbocycles. The standard InChI is InChI=1S/C17H17NO5/c1-11-13-4-2-3-12(10-19)16(13)23-17(21)14(11)9-15(20)18-5-7-22-8-6-18/h2-4,10H,5-9H2,1H3. The zero-order chi connectivity index (χ0) is 16.4. The van der Waals surface area contributed by atoms with Crippen molar-refractivity contribution in [1.82, 2.24) is 4.90 Å². The van der Waals surface area contributed by atoms with Gasteiger partial charge in [-0.1, -0.05) is 12.1 Å². The summed E-state index contributed by atoms with van der Waals surface area (Å²) < 4.78 is 10.5. The van der Waals surface area contributed by atoms with Crippen LogP contribution < -0.4 is 5.63 Å². The zero-order valence-corrected chi connectivity index (χ0v) is 12.8. The summed E-state index contributed by atoms with van der Waals surface area (Å²) in [4.78, 5) is 37.4. The molecule has 0 saturated carbocycles. The lowest BCUT2D eigenvalue weighted by Crippen LogP contribution is -2.42. The molecular weight excluding hydrogens is 298 g/mol. The Morgan fingerprint density at radius 2 is 2.04 bits per heavy atom. The number of nitrogens with zero attached hydrogens (tertiary/aromatic N) is 1. The molecule has 120 valence electrons. The Balaban J connectivity index is 1.99. The van der Waals surface area contributed by atoms with Crippen LogP contribution >= 0.6 is 0 Å². The van der Waals surface area contributed by atoms with Gasteiger partial charge in [0.05, 0.1) is 30.8 Å². The maximum absolute atomic E-state index is 12.4. The predicted molar refractivity (Wildman–Crippen MR) is 83.7 cm³/mol. The molecule has 0 spiro atoms. The van der Waals surface area contributed by atoms with Crippen molar-refractivity contribution < 1.29 is 18.7 Å². The first-order chi connectivity index (χ1) is 11.1. The summed E-state index contributed by atoms with van der Waals surface area (Å²) in [7, 11) is 0. The fourth-order valence-electron chi connectivity index (χ4n) is 2.81. The van der Waals surface area contributed by atoms with Crippen LogP contribution in [0.15, 0.2) is 27.4 Å². The van der Waals surface area contributed by atoms with Crippen molar-refractivity contribution in [2.45, 2.75) is 13.3 Å². The number of hydrogen-bond acceptors (Lipinski definition) is 5. The van der Waals surface area contributed by atoms with Gasteiger partial charge in [-0.05, 0) is 18.6 Å². The summed E-state index contributed by atoms with van der Waals surface area (Å²) >= 11 is 0. The molecule has 1 aromatic heterocycles. The topological polar surface area (TPSA) is 76.8 Å². The minimum absolute atomic E-state index is 0.00454. The Bertz CT molecular complexity index is 818. The van der Waals surface area contributed by atoms with Gasteiger partial charge in [0.2, 0.25) is 5.91 Å². The number of ether oxygens (including phenoxy) is 1. The van der Waals surface area contributed by atoms with Gasteiger partial charge in [-0.3, -0.25) is 9.59 Å². The van der Waals surface area contributed by atoms with Crippen molar-refractivity contribution in [2.24, 2.45) is 0 Å². The molecule has 0 radical (unpaired) electrons. The highest BCUT2D eigenvalue weighted by atomic mass is 16.5. The van der Waals surface area contributed by atoms with Crippen LogP contribution in [0.1, 0.15) is 21.5 Å². The van der Waals surface area contributed by atoms with Crippen LogP contribution in [-0.2, 0) is 16.0 Å². The molecule has 1 aliphatic heterocycles. The monoisotopic (exact) mass is 315 g/mol. The smallest absolute Gasteiger partial charge is 0.340 e. The van der Waals surface area contributed by atoms with Gasteiger partial charge in [-0.15, -0.1) is 0 Å². The SMILES string of the molecule is Cc1c(CC(=O)N2CCOCC2)c(=O)oc2c(C=O)cccc12. The van der Waals surface area contributed by atoms with E-state index in [1.807, 2.05) is 0 Å². The van der Waals surface area contributed by atoms with Gasteiger partial charge in [-0.25, -0.2) is 4.79 Å². The van der Waals surface area contributed by atoms with Gasteiger partial charge in [-0.2, -0.15) is 0 Å². The number of para-hydroxylation sites is 1. The van der Waals surface area contributed by atoms with E-state index in [2.05, 4.69) is 0 Å². The number of morpholine rings is 1. The van der Waals surface area contributed by atoms with Crippen LogP contribution in [0.4, 0.5) is 0 Å². The molecule has 23 heavy (non-hydrogen) atoms. The summed E-state index contributed by atoms with van der Waals surface area (Å²) in [6.45, 7) is 3.87. The molecule has 0 unspecified atom stereocenters. The first-order valence-corrected chi connectivity index (χ1v) is 7.48. The zero-order valence-electron chi connectivity index (χ0n) is 12.8. The van der Waals surface area contributed by atoms with Gasteiger partial charge in [0.1, 0.15) is 5.58 Å². The average molecular weight is 315 g/mol. The van der Waals surface area contributed by atoms with Gasteiger partial charge < -0.3 is 14.1 Å². The maximum Gasteiger partial charge on any atom is 0.340 e. The second-order valence-corrected chi connectivity index (χ2v) is 5.50. The molecule has 1 saturated heterocycles. The first-order valence-electron chi connectivity index (χ1n) is 7.48. The van der Waals surface area contributed by atoms with Crippen molar-refractivity contribution in [2.75, 3.05) is 26.3 Å². The number of benzene rings is 1. The summed E-state index contributed by atoms with van der Waals surface area (Å²) in [5.41, 5.74) is 1.06. The minimum atomic E-state index is -0.564. The Morgan fingerprint density at radius 1 is 1.30 bits per heavy atom. The summed E-state index contributed by atoms with van der Waals surface area (Å²) in [5, 5.41) is 0.680. The highest BCUT2D eigenvalue weighted by Crippen LogP contribution is 2.22. The van der Waals surface area contributed by atoms with E-state index in [-0.39, 0.29) is 17.9 Å². The molecular formula is C17H17NO5. The third-order valence-corrected chi connectivity index (χ3v) is 4.16. The third kappa shape index (κ3) is 2.90. The number of aldehydes is 1. The molecule has 2 heterocycles. The molecule has 6 heteroatoms. The molecule has 1 amide bonds. The van der Waals surface area contributed by atoms with Crippen LogP contribution in [-0.4, -0.2) is 43.4 Å². The minimum Gasteiger partial charge on any atom is -0.422 e. The van der Waals surface area contributed by atoms with E-state index in [1.165, 1.54) is 0 Å². The molecule has 2 aromatic rings. The van der Waals surface area contributed by atoms with Crippen LogP contribution in [0.25, 0.3) is 11.0 Å². The lowest BCUT2D eigenvalue weighted by molar-refractivity contribution is -0.134. The Morgan fingerprint density at radius 3 is 2.74 bits per heavy atom. The average Bonchev–Trinajstić information content (AvgIpc) is 2.58. The van der Waals surface area contributed by atoms with Crippen LogP contribution in [0.3, 0.4) is 0 Å². The number of fused-ring (bicyclic) bond motifs is 1. The van der Waals surface area contributed by atoms with Gasteiger partial charge >= 0.3 is 5.63 Å². The van der Waals surface area contributed by atoms with E-state index in [0.29, 0.717) is 54.7 Å². The van der Waals surface area contributed by atoms with E-state index in [0.717, 1.165) is 0 Å². The van der Waals surface area contributed by atoms with Crippen molar-refractivity contribution in [3.63, 3.8) is 0 Å². The van der Waals surface area contributed by atoms with Crippen LogP contribution in [0, 0.1) is 6.92 Å². The molecule has 1 aromatic carbocycles. The summed E-state index contributed by atoms with van der Waals surface area (Å²) in [6.07, 6.45) is 0.651. The number of carbonyl (C=O) groups is 2. The predicted octanol–water partition coefficient (Wildman–Crippen LogP) is 1.32. The molecule has 6 nitrogen and oxygen atoms in total. The van der Waals surface area contributed by atoms with Crippen molar-refractivity contribution in [3.8, 4) is 0 Å². The molecule has 1 aliphatic rings. The lowest BCUT2D eigenvalue weighted by atomic mass is 10.0. The third-order valence-electron chi connectivity index (χ3n) is 4.16. The quantitative estimate of drug-likeness (QED) is 0.630. The van der Waals surface area contributed by atoms with E-state index in [1.54, 1.807) is 30.0 Å². The molecule has 0 bridgehead atoms. The van der Waals surface area contributed by atoms with Crippen molar-refractivity contribution in [3.05, 3.63) is 45.3 Å². The van der Waals surface area contributed by atoms with E-state index in [9.17, 15) is 14.4 Å². The molecule has 0 N–H and O–H groups in total. The van der Waals surface area contributed by atoms with Gasteiger partial charge in [0.25, 0.3) is 0 Å². The van der Waals surface area contributed by atoms with Crippen LogP contribution in [0.2, 0.25) is 0 Å². The second-order valence-electron chi connectivity index (χ2n) is 5.50. The number of aryl methyl sites for hydroxylation is 1. The van der Waals surface area contributed by atoms with E-state index < -0.39 is 5.63 Å². The largest absolute Gasteiger partial charge is 0.422 e. The highest BCUT2D eigenvalue weighted by Gasteiger charge is 2.21. The number of rotatable bonds is 3. The summed E-state index contributed by atoms with van der Waals surface area (Å²) in [6, 6.07) is 5.10. The van der Waals surface area contributed by atoms with Crippen molar-refractivity contribution in [1.29, 1.82) is 0 Å². The maximum atomic E-state index is 12.4.